The molecule has 0 aliphatic heterocycles. The molecule has 0 bridgehead atoms. The lowest BCUT2D eigenvalue weighted by Gasteiger charge is -2.19. The van der Waals surface area contributed by atoms with E-state index in [2.05, 4.69) is 31.2 Å². The Morgan fingerprint density at radius 2 is 2.00 bits per heavy atom. The summed E-state index contributed by atoms with van der Waals surface area (Å²) in [5, 5.41) is 3.21. The number of amides is 1. The van der Waals surface area contributed by atoms with Crippen molar-refractivity contribution in [3.8, 4) is 0 Å². The fourth-order valence-corrected chi connectivity index (χ4v) is 1.77. The molecule has 7 heteroatoms. The van der Waals surface area contributed by atoms with E-state index >= 15 is 0 Å². The van der Waals surface area contributed by atoms with E-state index in [-0.39, 0.29) is 0 Å². The monoisotopic (exact) mass is 349 g/mol. The maximum absolute atomic E-state index is 11.5. The molecule has 0 saturated heterocycles. The van der Waals surface area contributed by atoms with Gasteiger partial charge in [0.2, 0.25) is 0 Å². The van der Waals surface area contributed by atoms with Gasteiger partial charge in [-0.3, -0.25) is 5.32 Å². The zero-order chi connectivity index (χ0) is 15.1. The summed E-state index contributed by atoms with van der Waals surface area (Å²) < 4.78 is 5.65. The second kappa shape index (κ2) is 8.37. The molecule has 108 valence electrons. The molecule has 0 aliphatic rings. The average Bonchev–Trinajstić information content (AvgIpc) is 2.32. The lowest BCUT2D eigenvalue weighted by Crippen LogP contribution is -2.27. The van der Waals surface area contributed by atoms with Gasteiger partial charge in [0.25, 0.3) is 0 Å². The minimum absolute atomic E-state index is 0.483. The van der Waals surface area contributed by atoms with Crippen LogP contribution in [0.5, 0.6) is 0 Å². The molecule has 0 fully saturated rings. The molecule has 0 spiro atoms. The van der Waals surface area contributed by atoms with Crippen LogP contribution in [0.15, 0.2) is 16.0 Å². The molecule has 1 aromatic rings. The topological polar surface area (TPSA) is 64.1 Å². The summed E-state index contributed by atoms with van der Waals surface area (Å²) in [6.45, 7) is 9.40. The fraction of sp³-hybridized carbons (Fsp3) is 0.583. The molecular formula is C12H20BrN3O2S. The number of anilines is 1. The van der Waals surface area contributed by atoms with Gasteiger partial charge in [0.15, 0.2) is 5.16 Å². The van der Waals surface area contributed by atoms with Crippen molar-refractivity contribution in [1.29, 1.82) is 0 Å². The van der Waals surface area contributed by atoms with Crippen LogP contribution in [0.4, 0.5) is 10.5 Å². The standard InChI is InChI=1S/C10H14BrN3O2S.C2H6/c1-10(2,3)16-9(15)13-6-5-12-8(17-4)14-7(6)11;1-2/h5H,1-4H3,(H,13,15);1-2H3. The molecule has 0 atom stereocenters. The zero-order valence-electron chi connectivity index (χ0n) is 12.1. The Hall–Kier alpha value is -0.820. The highest BCUT2D eigenvalue weighted by molar-refractivity contribution is 9.10. The second-order valence-corrected chi connectivity index (χ2v) is 5.71. The first-order chi connectivity index (χ1) is 8.81. The summed E-state index contributed by atoms with van der Waals surface area (Å²) in [5.41, 5.74) is -0.0477. The van der Waals surface area contributed by atoms with Gasteiger partial charge in [0.05, 0.1) is 11.9 Å². The molecule has 0 aromatic carbocycles. The fourth-order valence-electron chi connectivity index (χ4n) is 0.942. The van der Waals surface area contributed by atoms with Gasteiger partial charge in [0.1, 0.15) is 10.2 Å². The van der Waals surface area contributed by atoms with E-state index in [9.17, 15) is 4.79 Å². The number of thioether (sulfide) groups is 1. The summed E-state index contributed by atoms with van der Waals surface area (Å²) in [7, 11) is 0. The van der Waals surface area contributed by atoms with Crippen LogP contribution < -0.4 is 5.32 Å². The molecular weight excluding hydrogens is 330 g/mol. The van der Waals surface area contributed by atoms with Gasteiger partial charge in [-0.1, -0.05) is 25.6 Å². The molecule has 1 aromatic heterocycles. The maximum atomic E-state index is 11.5. The summed E-state index contributed by atoms with van der Waals surface area (Å²) in [6, 6.07) is 0. The van der Waals surface area contributed by atoms with Crippen LogP contribution in [0.25, 0.3) is 0 Å². The van der Waals surface area contributed by atoms with Gasteiger partial charge in [-0.15, -0.1) is 0 Å². The van der Waals surface area contributed by atoms with Crippen molar-refractivity contribution in [2.24, 2.45) is 0 Å². The zero-order valence-corrected chi connectivity index (χ0v) is 14.5. The first kappa shape index (κ1) is 18.2. The minimum atomic E-state index is -0.531. The van der Waals surface area contributed by atoms with E-state index in [0.717, 1.165) is 0 Å². The quantitative estimate of drug-likeness (QED) is 0.488. The molecule has 5 nitrogen and oxygen atoms in total. The number of hydrogen-bond donors (Lipinski definition) is 1. The Labute approximate surface area is 127 Å². The first-order valence-electron chi connectivity index (χ1n) is 5.88. The van der Waals surface area contributed by atoms with Crippen molar-refractivity contribution in [2.75, 3.05) is 11.6 Å². The van der Waals surface area contributed by atoms with E-state index < -0.39 is 11.7 Å². The highest BCUT2D eigenvalue weighted by Crippen LogP contribution is 2.22. The average molecular weight is 350 g/mol. The molecule has 0 radical (unpaired) electrons. The predicted molar refractivity (Wildman–Crippen MR) is 82.7 cm³/mol. The summed E-state index contributed by atoms with van der Waals surface area (Å²) in [6.07, 6.45) is 2.88. The number of carbonyl (C=O) groups is 1. The third kappa shape index (κ3) is 7.37. The lowest BCUT2D eigenvalue weighted by molar-refractivity contribution is 0.0635. The maximum Gasteiger partial charge on any atom is 0.412 e. The second-order valence-electron chi connectivity index (χ2n) is 4.19. The van der Waals surface area contributed by atoms with Crippen LogP contribution in [-0.2, 0) is 4.74 Å². The summed E-state index contributed by atoms with van der Waals surface area (Å²) in [5.74, 6) is 0. The number of hydrogen-bond acceptors (Lipinski definition) is 5. The number of aromatic nitrogens is 2. The van der Waals surface area contributed by atoms with Gasteiger partial charge in [-0.2, -0.15) is 0 Å². The Balaban J connectivity index is 0.00000154. The number of nitrogens with zero attached hydrogens (tertiary/aromatic N) is 2. The molecule has 1 amide bonds. The number of rotatable bonds is 2. The molecule has 1 heterocycles. The lowest BCUT2D eigenvalue weighted by atomic mass is 10.2. The Morgan fingerprint density at radius 1 is 1.42 bits per heavy atom. The Kier molecular flexibility index (Phi) is 8.01. The predicted octanol–water partition coefficient (Wildman–Crippen LogP) is 4.33. The Morgan fingerprint density at radius 3 is 2.42 bits per heavy atom. The molecule has 0 unspecified atom stereocenters. The Bertz CT molecular complexity index is 422. The van der Waals surface area contributed by atoms with Gasteiger partial charge < -0.3 is 4.74 Å². The van der Waals surface area contributed by atoms with Gasteiger partial charge in [-0.05, 0) is 43.0 Å². The SMILES string of the molecule is CC.CSc1ncc(NC(=O)OC(C)(C)C)c(Br)n1. The van der Waals surface area contributed by atoms with E-state index in [1.54, 1.807) is 20.8 Å². The highest BCUT2D eigenvalue weighted by Gasteiger charge is 2.17. The molecule has 0 saturated carbocycles. The van der Waals surface area contributed by atoms with E-state index in [1.165, 1.54) is 18.0 Å². The van der Waals surface area contributed by atoms with Crippen LogP contribution in [0.1, 0.15) is 34.6 Å². The molecule has 1 N–H and O–H groups in total. The molecule has 19 heavy (non-hydrogen) atoms. The van der Waals surface area contributed by atoms with Crippen LogP contribution in [0.3, 0.4) is 0 Å². The van der Waals surface area contributed by atoms with Crippen LogP contribution in [0, 0.1) is 0 Å². The van der Waals surface area contributed by atoms with Crippen LogP contribution in [-0.4, -0.2) is 27.9 Å². The molecule has 1 rings (SSSR count). The first-order valence-corrected chi connectivity index (χ1v) is 7.90. The smallest absolute Gasteiger partial charge is 0.412 e. The number of halogens is 1. The van der Waals surface area contributed by atoms with E-state index in [4.69, 9.17) is 4.74 Å². The number of ether oxygens (including phenoxy) is 1. The normalized spacial score (nSPS) is 10.3. The van der Waals surface area contributed by atoms with Crippen molar-refractivity contribution in [1.82, 2.24) is 9.97 Å². The number of carbonyl (C=O) groups excluding carboxylic acids is 1. The minimum Gasteiger partial charge on any atom is -0.444 e. The third-order valence-electron chi connectivity index (χ3n) is 1.54. The number of nitrogens with one attached hydrogen (secondary N) is 1. The largest absolute Gasteiger partial charge is 0.444 e. The van der Waals surface area contributed by atoms with Crippen molar-refractivity contribution < 1.29 is 9.53 Å². The van der Waals surface area contributed by atoms with Gasteiger partial charge >= 0.3 is 6.09 Å². The summed E-state index contributed by atoms with van der Waals surface area (Å²) in [4.78, 5) is 19.7. The highest BCUT2D eigenvalue weighted by atomic mass is 79.9. The van der Waals surface area contributed by atoms with Crippen LogP contribution >= 0.6 is 27.7 Å². The van der Waals surface area contributed by atoms with E-state index in [0.29, 0.717) is 15.4 Å². The van der Waals surface area contributed by atoms with Crippen molar-refractivity contribution >= 4 is 39.5 Å². The summed E-state index contributed by atoms with van der Waals surface area (Å²) >= 11 is 4.69. The van der Waals surface area contributed by atoms with Crippen molar-refractivity contribution in [3.63, 3.8) is 0 Å². The van der Waals surface area contributed by atoms with Crippen molar-refractivity contribution in [3.05, 3.63) is 10.8 Å². The third-order valence-corrected chi connectivity index (χ3v) is 2.70. The van der Waals surface area contributed by atoms with Crippen molar-refractivity contribution in [2.45, 2.75) is 45.4 Å². The van der Waals surface area contributed by atoms with Gasteiger partial charge in [0, 0.05) is 0 Å². The molecule has 0 aliphatic carbocycles. The van der Waals surface area contributed by atoms with E-state index in [1.807, 2.05) is 20.1 Å². The van der Waals surface area contributed by atoms with Gasteiger partial charge in [-0.25, -0.2) is 14.8 Å². The van der Waals surface area contributed by atoms with Crippen LogP contribution in [0.2, 0.25) is 0 Å².